The maximum Gasteiger partial charge on any atom is 0.408 e. The van der Waals surface area contributed by atoms with Crippen molar-refractivity contribution in [3.05, 3.63) is 71.3 Å². The number of rotatable bonds is 5. The van der Waals surface area contributed by atoms with E-state index >= 15 is 0 Å². The molecule has 1 aliphatic rings. The van der Waals surface area contributed by atoms with Gasteiger partial charge in [0, 0.05) is 12.5 Å². The fourth-order valence-corrected chi connectivity index (χ4v) is 3.98. The van der Waals surface area contributed by atoms with Gasteiger partial charge < -0.3 is 15.0 Å². The Morgan fingerprint density at radius 1 is 1.06 bits per heavy atom. The second-order valence-electron chi connectivity index (χ2n) is 9.02. The van der Waals surface area contributed by atoms with E-state index in [9.17, 15) is 23.6 Å². The Morgan fingerprint density at radius 3 is 2.03 bits per heavy atom. The summed E-state index contributed by atoms with van der Waals surface area (Å²) in [5, 5.41) is 12.2. The van der Waals surface area contributed by atoms with Crippen molar-refractivity contribution in [2.45, 2.75) is 57.2 Å². The quantitative estimate of drug-likeness (QED) is 0.720. The first-order valence-corrected chi connectivity index (χ1v) is 10.8. The van der Waals surface area contributed by atoms with Crippen LogP contribution in [0.2, 0.25) is 0 Å². The number of amides is 2. The summed E-state index contributed by atoms with van der Waals surface area (Å²) >= 11 is 0. The van der Waals surface area contributed by atoms with E-state index in [1.165, 1.54) is 53.4 Å². The third-order valence-electron chi connectivity index (χ3n) is 5.41. The molecule has 3 rings (SSSR count). The minimum atomic E-state index is -1.16. The molecule has 1 heterocycles. The Kier molecular flexibility index (Phi) is 7.32. The van der Waals surface area contributed by atoms with Crippen LogP contribution in [0.25, 0.3) is 0 Å². The predicted molar refractivity (Wildman–Crippen MR) is 118 cm³/mol. The van der Waals surface area contributed by atoms with Gasteiger partial charge in [0.15, 0.2) is 0 Å². The zero-order valence-corrected chi connectivity index (χ0v) is 18.8. The molecule has 0 aliphatic carbocycles. The molecule has 0 spiro atoms. The topological polar surface area (TPSA) is 82.4 Å². The molecule has 8 heteroatoms. The molecule has 2 atom stereocenters. The third kappa shape index (κ3) is 6.07. The van der Waals surface area contributed by atoms with Crippen molar-refractivity contribution >= 4 is 12.0 Å². The van der Waals surface area contributed by atoms with Crippen LogP contribution in [0.15, 0.2) is 48.5 Å². The number of nitriles is 1. The number of ether oxygens (including phenoxy) is 1. The molecule has 1 saturated heterocycles. The molecular weight excluding hydrogens is 428 g/mol. The molecule has 0 unspecified atom stereocenters. The highest BCUT2D eigenvalue weighted by Crippen LogP contribution is 2.31. The fourth-order valence-electron chi connectivity index (χ4n) is 3.98. The number of nitrogens with zero attached hydrogens (tertiary/aromatic N) is 2. The van der Waals surface area contributed by atoms with Crippen molar-refractivity contribution in [3.63, 3.8) is 0 Å². The lowest BCUT2D eigenvalue weighted by Gasteiger charge is -2.33. The van der Waals surface area contributed by atoms with E-state index in [1.807, 2.05) is 0 Å². The molecule has 0 bridgehead atoms. The summed E-state index contributed by atoms with van der Waals surface area (Å²) in [4.78, 5) is 27.9. The Balaban J connectivity index is 2.08. The molecule has 2 aromatic rings. The summed E-state index contributed by atoms with van der Waals surface area (Å²) < 4.78 is 32.7. The number of likely N-dealkylation sites (tertiary alicyclic amines) is 1. The van der Waals surface area contributed by atoms with Crippen molar-refractivity contribution in [1.29, 1.82) is 5.26 Å². The molecule has 1 aliphatic heterocycles. The van der Waals surface area contributed by atoms with Gasteiger partial charge >= 0.3 is 6.09 Å². The first-order valence-electron chi connectivity index (χ1n) is 10.8. The van der Waals surface area contributed by atoms with E-state index < -0.39 is 47.2 Å². The molecule has 6 nitrogen and oxygen atoms in total. The van der Waals surface area contributed by atoms with Crippen molar-refractivity contribution in [3.8, 4) is 6.07 Å². The minimum Gasteiger partial charge on any atom is -0.444 e. The molecule has 33 heavy (non-hydrogen) atoms. The van der Waals surface area contributed by atoms with Crippen molar-refractivity contribution < 1.29 is 23.1 Å². The van der Waals surface area contributed by atoms with Crippen molar-refractivity contribution in [2.24, 2.45) is 0 Å². The lowest BCUT2D eigenvalue weighted by molar-refractivity contribution is -0.133. The lowest BCUT2D eigenvalue weighted by Crippen LogP contribution is -2.53. The van der Waals surface area contributed by atoms with Gasteiger partial charge in [0.05, 0.1) is 6.07 Å². The summed E-state index contributed by atoms with van der Waals surface area (Å²) in [6.45, 7) is 5.48. The van der Waals surface area contributed by atoms with E-state index in [1.54, 1.807) is 20.8 Å². The number of hydrogen-bond donors (Lipinski definition) is 1. The summed E-state index contributed by atoms with van der Waals surface area (Å²) in [5.41, 5.74) is 0.289. The first kappa shape index (κ1) is 24.2. The summed E-state index contributed by atoms with van der Waals surface area (Å²) in [6.07, 6.45) is 0.405. The zero-order valence-electron chi connectivity index (χ0n) is 18.8. The Labute approximate surface area is 192 Å². The van der Waals surface area contributed by atoms with Crippen LogP contribution in [0.4, 0.5) is 13.6 Å². The lowest BCUT2D eigenvalue weighted by atomic mass is 9.84. The number of benzene rings is 2. The molecule has 174 valence electrons. The van der Waals surface area contributed by atoms with Crippen molar-refractivity contribution in [2.75, 3.05) is 6.54 Å². The minimum absolute atomic E-state index is 0.378. The average Bonchev–Trinajstić information content (AvgIpc) is 3.23. The van der Waals surface area contributed by atoms with Crippen LogP contribution in [0.5, 0.6) is 0 Å². The van der Waals surface area contributed by atoms with Crippen LogP contribution in [0.1, 0.15) is 50.7 Å². The van der Waals surface area contributed by atoms with Gasteiger partial charge in [-0.1, -0.05) is 24.3 Å². The van der Waals surface area contributed by atoms with E-state index in [0.29, 0.717) is 30.5 Å². The van der Waals surface area contributed by atoms with Gasteiger partial charge in [0.2, 0.25) is 5.91 Å². The molecule has 2 aromatic carbocycles. The SMILES string of the molecule is CC(C)(C)OC(=O)N[C@H](C(=O)N1CCC[C@H]1C#N)C(c1ccc(F)cc1)c1ccc(F)cc1. The van der Waals surface area contributed by atoms with Crippen LogP contribution < -0.4 is 5.32 Å². The first-order chi connectivity index (χ1) is 15.6. The highest BCUT2D eigenvalue weighted by Gasteiger charge is 2.40. The molecule has 0 saturated carbocycles. The summed E-state index contributed by atoms with van der Waals surface area (Å²) in [7, 11) is 0. The Morgan fingerprint density at radius 2 is 1.58 bits per heavy atom. The fraction of sp³-hybridized carbons (Fsp3) is 0.400. The number of nitrogens with one attached hydrogen (secondary N) is 1. The summed E-state index contributed by atoms with van der Waals surface area (Å²) in [6, 6.07) is 11.5. The van der Waals surface area contributed by atoms with E-state index in [0.717, 1.165) is 0 Å². The highest BCUT2D eigenvalue weighted by molar-refractivity contribution is 5.88. The number of carbonyl (C=O) groups excluding carboxylic acids is 2. The number of halogens is 2. The summed E-state index contributed by atoms with van der Waals surface area (Å²) in [5.74, 6) is -2.14. The van der Waals surface area contributed by atoms with Crippen molar-refractivity contribution in [1.82, 2.24) is 10.2 Å². The van der Waals surface area contributed by atoms with Gasteiger partial charge in [-0.15, -0.1) is 0 Å². The van der Waals surface area contributed by atoms with E-state index in [2.05, 4.69) is 11.4 Å². The number of carbonyl (C=O) groups is 2. The van der Waals surface area contributed by atoms with Crippen LogP contribution in [0.3, 0.4) is 0 Å². The molecule has 1 N–H and O–H groups in total. The molecule has 0 aromatic heterocycles. The molecule has 2 amide bonds. The van der Waals surface area contributed by atoms with Crippen LogP contribution in [-0.2, 0) is 9.53 Å². The van der Waals surface area contributed by atoms with E-state index in [-0.39, 0.29) is 0 Å². The van der Waals surface area contributed by atoms with Gasteiger partial charge in [0.1, 0.15) is 29.3 Å². The molecular formula is C25H27F2N3O3. The largest absolute Gasteiger partial charge is 0.444 e. The third-order valence-corrected chi connectivity index (χ3v) is 5.41. The maximum atomic E-state index is 13.7. The number of hydrogen-bond acceptors (Lipinski definition) is 4. The van der Waals surface area contributed by atoms with Gasteiger partial charge in [-0.2, -0.15) is 5.26 Å². The second kappa shape index (κ2) is 9.99. The standard InChI is InChI=1S/C25H27F2N3O3/c1-25(2,3)33-24(32)29-22(23(31)30-14-4-5-20(30)15-28)21(16-6-10-18(26)11-7-16)17-8-12-19(27)13-9-17/h6-13,20-22H,4-5,14H2,1-3H3,(H,29,32)/t20-,22-/m0/s1. The smallest absolute Gasteiger partial charge is 0.408 e. The van der Waals surface area contributed by atoms with Gasteiger partial charge in [-0.05, 0) is 69.0 Å². The zero-order chi connectivity index (χ0) is 24.2. The van der Waals surface area contributed by atoms with Crippen LogP contribution in [0, 0.1) is 23.0 Å². The van der Waals surface area contributed by atoms with Crippen LogP contribution >= 0.6 is 0 Å². The molecule has 1 fully saturated rings. The predicted octanol–water partition coefficient (Wildman–Crippen LogP) is 4.50. The van der Waals surface area contributed by atoms with E-state index in [4.69, 9.17) is 4.74 Å². The second-order valence-corrected chi connectivity index (χ2v) is 9.02. The average molecular weight is 456 g/mol. The monoisotopic (exact) mass is 455 g/mol. The van der Waals surface area contributed by atoms with Gasteiger partial charge in [-0.25, -0.2) is 13.6 Å². The normalized spacial score (nSPS) is 16.9. The van der Waals surface area contributed by atoms with Gasteiger partial charge in [-0.3, -0.25) is 4.79 Å². The number of alkyl carbamates (subject to hydrolysis) is 1. The molecule has 0 radical (unpaired) electrons. The Hall–Kier alpha value is -3.47. The van der Waals surface area contributed by atoms with Gasteiger partial charge in [0.25, 0.3) is 0 Å². The Bertz CT molecular complexity index is 981. The maximum absolute atomic E-state index is 13.7. The van der Waals surface area contributed by atoms with Crippen LogP contribution in [-0.4, -0.2) is 41.1 Å². The highest BCUT2D eigenvalue weighted by atomic mass is 19.1.